The number of fused-ring (bicyclic) bond motifs is 1. The molecule has 5 heteroatoms. The number of nitrogens with one attached hydrogen (secondary N) is 1. The third kappa shape index (κ3) is 1.99. The van der Waals surface area contributed by atoms with Crippen LogP contribution in [0.4, 0.5) is 0 Å². The fourth-order valence-electron chi connectivity index (χ4n) is 1.87. The molecule has 1 heterocycles. The Morgan fingerprint density at radius 3 is 2.83 bits per heavy atom. The molecule has 0 aliphatic carbocycles. The molecular weight excluding hydrogens is 254 g/mol. The highest BCUT2D eigenvalue weighted by Gasteiger charge is 2.18. The van der Waals surface area contributed by atoms with Gasteiger partial charge in [0.05, 0.1) is 22.5 Å². The van der Waals surface area contributed by atoms with Gasteiger partial charge in [-0.1, -0.05) is 17.7 Å². The topological polar surface area (TPSA) is 59.2 Å². The van der Waals surface area contributed by atoms with Crippen LogP contribution in [0.1, 0.15) is 23.0 Å². The lowest BCUT2D eigenvalue weighted by Crippen LogP contribution is -2.20. The number of aromatic nitrogens is 1. The van der Waals surface area contributed by atoms with E-state index >= 15 is 0 Å². The van der Waals surface area contributed by atoms with Gasteiger partial charge in [-0.3, -0.25) is 4.79 Å². The average molecular weight is 266 g/mol. The molecule has 0 aliphatic heterocycles. The number of aryl methyl sites for hydroxylation is 1. The molecule has 1 aromatic heterocycles. The molecule has 0 saturated carbocycles. The number of pyridine rings is 1. The van der Waals surface area contributed by atoms with E-state index in [1.165, 1.54) is 0 Å². The van der Waals surface area contributed by atoms with Gasteiger partial charge < -0.3 is 9.72 Å². The molecule has 0 radical (unpaired) electrons. The maximum atomic E-state index is 12.3. The van der Waals surface area contributed by atoms with Crippen LogP contribution in [0.2, 0.25) is 5.02 Å². The van der Waals surface area contributed by atoms with Crippen molar-refractivity contribution in [3.05, 3.63) is 44.7 Å². The number of esters is 1. The van der Waals surface area contributed by atoms with Crippen LogP contribution in [0.3, 0.4) is 0 Å². The zero-order chi connectivity index (χ0) is 13.3. The van der Waals surface area contributed by atoms with Crippen molar-refractivity contribution in [3.8, 4) is 0 Å². The minimum absolute atomic E-state index is 0.0115. The van der Waals surface area contributed by atoms with E-state index in [2.05, 4.69) is 4.98 Å². The van der Waals surface area contributed by atoms with E-state index in [0.29, 0.717) is 21.6 Å². The summed E-state index contributed by atoms with van der Waals surface area (Å²) in [5.74, 6) is -0.627. The van der Waals surface area contributed by atoms with Crippen LogP contribution in [0.25, 0.3) is 10.9 Å². The van der Waals surface area contributed by atoms with Gasteiger partial charge in [0.25, 0.3) is 0 Å². The Morgan fingerprint density at radius 1 is 1.44 bits per heavy atom. The fourth-order valence-corrected chi connectivity index (χ4v) is 2.13. The van der Waals surface area contributed by atoms with E-state index in [1.54, 1.807) is 32.0 Å². The largest absolute Gasteiger partial charge is 0.462 e. The number of halogens is 1. The molecule has 94 valence electrons. The maximum Gasteiger partial charge on any atom is 0.343 e. The number of carbonyl (C=O) groups excluding carboxylic acids is 1. The summed E-state index contributed by atoms with van der Waals surface area (Å²) in [6, 6.07) is 5.10. The zero-order valence-corrected chi connectivity index (χ0v) is 10.8. The van der Waals surface area contributed by atoms with Crippen LogP contribution in [-0.4, -0.2) is 17.6 Å². The number of aromatic amines is 1. The molecule has 0 saturated heterocycles. The van der Waals surface area contributed by atoms with E-state index in [9.17, 15) is 9.59 Å². The molecule has 4 nitrogen and oxygen atoms in total. The molecule has 0 amide bonds. The summed E-state index contributed by atoms with van der Waals surface area (Å²) in [6.07, 6.45) is 0. The molecule has 0 atom stereocenters. The van der Waals surface area contributed by atoms with E-state index in [1.807, 2.05) is 0 Å². The summed E-state index contributed by atoms with van der Waals surface area (Å²) in [7, 11) is 0. The van der Waals surface area contributed by atoms with Crippen LogP contribution >= 0.6 is 11.6 Å². The Labute approximate surface area is 109 Å². The molecule has 0 unspecified atom stereocenters. The van der Waals surface area contributed by atoms with Gasteiger partial charge in [0.2, 0.25) is 5.43 Å². The van der Waals surface area contributed by atoms with Crippen LogP contribution in [0.15, 0.2) is 23.0 Å². The summed E-state index contributed by atoms with van der Waals surface area (Å²) in [4.78, 5) is 27.0. The van der Waals surface area contributed by atoms with Crippen molar-refractivity contribution in [2.75, 3.05) is 6.61 Å². The van der Waals surface area contributed by atoms with Crippen molar-refractivity contribution in [2.45, 2.75) is 13.8 Å². The zero-order valence-electron chi connectivity index (χ0n) is 10.0. The Hall–Kier alpha value is -1.81. The number of rotatable bonds is 2. The van der Waals surface area contributed by atoms with Crippen molar-refractivity contribution in [3.63, 3.8) is 0 Å². The van der Waals surface area contributed by atoms with Crippen LogP contribution in [-0.2, 0) is 4.74 Å². The summed E-state index contributed by atoms with van der Waals surface area (Å²) < 4.78 is 4.88. The fraction of sp³-hybridized carbons (Fsp3) is 0.231. The summed E-state index contributed by atoms with van der Waals surface area (Å²) in [5.41, 5.74) is 0.703. The van der Waals surface area contributed by atoms with Gasteiger partial charge in [0, 0.05) is 5.69 Å². The minimum Gasteiger partial charge on any atom is -0.462 e. The predicted octanol–water partition coefficient (Wildman–Crippen LogP) is 2.67. The van der Waals surface area contributed by atoms with E-state index in [4.69, 9.17) is 16.3 Å². The van der Waals surface area contributed by atoms with E-state index in [-0.39, 0.29) is 12.2 Å². The second-order valence-electron chi connectivity index (χ2n) is 3.84. The van der Waals surface area contributed by atoms with Gasteiger partial charge >= 0.3 is 5.97 Å². The van der Waals surface area contributed by atoms with Crippen molar-refractivity contribution >= 4 is 28.5 Å². The van der Waals surface area contributed by atoms with Crippen molar-refractivity contribution in [1.29, 1.82) is 0 Å². The Morgan fingerprint density at radius 2 is 2.17 bits per heavy atom. The molecule has 2 rings (SSSR count). The standard InChI is InChI=1S/C13H12ClNO3/c1-3-18-13(17)10-7(2)15-9-6-4-5-8(14)11(9)12(10)16/h4-6H,3H2,1-2H3,(H,15,16). The predicted molar refractivity (Wildman–Crippen MR) is 70.3 cm³/mol. The first-order valence-electron chi connectivity index (χ1n) is 5.54. The second kappa shape index (κ2) is 4.82. The summed E-state index contributed by atoms with van der Waals surface area (Å²) in [5, 5.41) is 0.632. The molecule has 1 N–H and O–H groups in total. The second-order valence-corrected chi connectivity index (χ2v) is 4.24. The average Bonchev–Trinajstić information content (AvgIpc) is 2.28. The first kappa shape index (κ1) is 12.6. The van der Waals surface area contributed by atoms with Crippen molar-refractivity contribution < 1.29 is 9.53 Å². The highest BCUT2D eigenvalue weighted by molar-refractivity contribution is 6.35. The van der Waals surface area contributed by atoms with E-state index in [0.717, 1.165) is 0 Å². The molecule has 0 fully saturated rings. The number of H-pyrrole nitrogens is 1. The molecule has 18 heavy (non-hydrogen) atoms. The third-order valence-corrected chi connectivity index (χ3v) is 2.96. The van der Waals surface area contributed by atoms with Crippen LogP contribution in [0.5, 0.6) is 0 Å². The van der Waals surface area contributed by atoms with Gasteiger partial charge in [-0.25, -0.2) is 4.79 Å². The summed E-state index contributed by atoms with van der Waals surface area (Å²) >= 11 is 6.00. The van der Waals surface area contributed by atoms with E-state index < -0.39 is 11.4 Å². The highest BCUT2D eigenvalue weighted by Crippen LogP contribution is 2.20. The number of benzene rings is 1. The normalized spacial score (nSPS) is 10.6. The first-order chi connectivity index (χ1) is 8.56. The lowest BCUT2D eigenvalue weighted by Gasteiger charge is -2.08. The molecular formula is C13H12ClNO3. The lowest BCUT2D eigenvalue weighted by molar-refractivity contribution is 0.0524. The van der Waals surface area contributed by atoms with Gasteiger partial charge in [0.1, 0.15) is 5.56 Å². The SMILES string of the molecule is CCOC(=O)c1c(C)[nH]c2cccc(Cl)c2c1=O. The highest BCUT2D eigenvalue weighted by atomic mass is 35.5. The Balaban J connectivity index is 2.80. The molecule has 0 aliphatic rings. The monoisotopic (exact) mass is 265 g/mol. The number of ether oxygens (including phenoxy) is 1. The third-order valence-electron chi connectivity index (χ3n) is 2.64. The summed E-state index contributed by atoms with van der Waals surface area (Å²) in [6.45, 7) is 3.57. The lowest BCUT2D eigenvalue weighted by atomic mass is 10.1. The molecule has 0 spiro atoms. The van der Waals surface area contributed by atoms with Crippen molar-refractivity contribution in [1.82, 2.24) is 4.98 Å². The maximum absolute atomic E-state index is 12.3. The van der Waals surface area contributed by atoms with Gasteiger partial charge in [0.15, 0.2) is 0 Å². The van der Waals surface area contributed by atoms with Gasteiger partial charge in [-0.2, -0.15) is 0 Å². The smallest absolute Gasteiger partial charge is 0.343 e. The minimum atomic E-state index is -0.627. The first-order valence-corrected chi connectivity index (χ1v) is 5.92. The number of hydrogen-bond acceptors (Lipinski definition) is 3. The molecule has 0 bridgehead atoms. The Bertz CT molecular complexity index is 676. The molecule has 1 aromatic carbocycles. The molecule has 2 aromatic rings. The van der Waals surface area contributed by atoms with Crippen LogP contribution < -0.4 is 5.43 Å². The quantitative estimate of drug-likeness (QED) is 0.850. The van der Waals surface area contributed by atoms with Crippen LogP contribution in [0, 0.1) is 6.92 Å². The Kier molecular flexibility index (Phi) is 3.39. The number of carbonyl (C=O) groups is 1. The van der Waals surface area contributed by atoms with Crippen molar-refractivity contribution in [2.24, 2.45) is 0 Å². The van der Waals surface area contributed by atoms with Gasteiger partial charge in [-0.05, 0) is 26.0 Å². The number of hydrogen-bond donors (Lipinski definition) is 1. The van der Waals surface area contributed by atoms with Gasteiger partial charge in [-0.15, -0.1) is 0 Å².